The van der Waals surface area contributed by atoms with E-state index < -0.39 is 65.4 Å². The summed E-state index contributed by atoms with van der Waals surface area (Å²) < 4.78 is 29.7. The molecule has 0 amide bonds. The number of carbonyl (C=O) groups excluding carboxylic acids is 3. The Balaban J connectivity index is 1.47. The first-order valence-corrected chi connectivity index (χ1v) is 14.5. The third-order valence-electron chi connectivity index (χ3n) is 7.30. The fourth-order valence-corrected chi connectivity index (χ4v) is 5.33. The van der Waals surface area contributed by atoms with Crippen LogP contribution in [0.1, 0.15) is 37.3 Å². The van der Waals surface area contributed by atoms with Crippen molar-refractivity contribution in [1.82, 2.24) is 4.57 Å². The van der Waals surface area contributed by atoms with E-state index in [1.54, 1.807) is 54.6 Å². The van der Waals surface area contributed by atoms with E-state index in [0.717, 1.165) is 16.7 Å². The molecule has 6 rings (SSSR count). The Hall–Kier alpha value is -5.79. The Kier molecular flexibility index (Phi) is 8.82. The normalized spacial score (nSPS) is 19.1. The van der Waals surface area contributed by atoms with E-state index >= 15 is 0 Å². The number of non-ortho nitro benzene ring substituents is 1. The second-order valence-corrected chi connectivity index (χ2v) is 10.7. The van der Waals surface area contributed by atoms with E-state index in [4.69, 9.17) is 35.0 Å². The van der Waals surface area contributed by atoms with Gasteiger partial charge in [0.15, 0.2) is 30.1 Å². The number of ether oxygens (including phenoxy) is 4. The highest BCUT2D eigenvalue weighted by Crippen LogP contribution is 2.36. The number of rotatable bonds is 8. The van der Waals surface area contributed by atoms with Crippen molar-refractivity contribution in [3.05, 3.63) is 146 Å². The largest absolute Gasteiger partial charge is 0.452 e. The lowest BCUT2D eigenvalue weighted by Gasteiger charge is -2.40. The van der Waals surface area contributed by atoms with Crippen LogP contribution in [0.5, 0.6) is 0 Å². The van der Waals surface area contributed by atoms with Crippen LogP contribution < -0.4 is 5.76 Å². The third-order valence-corrected chi connectivity index (χ3v) is 7.58. The zero-order chi connectivity index (χ0) is 33.1. The highest BCUT2D eigenvalue weighted by Gasteiger charge is 2.50. The molecule has 238 valence electrons. The maximum atomic E-state index is 13.5. The molecular formula is C33H23ClN2O11. The summed E-state index contributed by atoms with van der Waals surface area (Å²) in [5, 5.41) is 11.4. The van der Waals surface area contributed by atoms with Gasteiger partial charge in [-0.3, -0.25) is 10.1 Å². The predicted molar refractivity (Wildman–Crippen MR) is 164 cm³/mol. The van der Waals surface area contributed by atoms with Gasteiger partial charge in [0.2, 0.25) is 0 Å². The zero-order valence-corrected chi connectivity index (χ0v) is 24.9. The number of hydrogen-bond acceptors (Lipinski definition) is 11. The number of nitrogens with zero attached hydrogens (tertiary/aromatic N) is 2. The molecule has 1 fully saturated rings. The van der Waals surface area contributed by atoms with Crippen LogP contribution in [0.3, 0.4) is 0 Å². The summed E-state index contributed by atoms with van der Waals surface area (Å²) in [5.74, 6) is -3.62. The molecule has 0 spiro atoms. The summed E-state index contributed by atoms with van der Waals surface area (Å²) in [5.41, 5.74) is -0.412. The lowest BCUT2D eigenvalue weighted by atomic mass is 10.0. The monoisotopic (exact) mass is 658 g/mol. The first-order chi connectivity index (χ1) is 22.7. The SMILES string of the molecule is O=C(O[C@@H]1[C@H](OC(=O)c2ccccc2)[C@H](OC(=O)c2ccccc2)CO[C@H]1n1c(=O)oc2c(Cl)cc([N+](=O)[O-])cc21)c1ccccc1. The number of halogens is 1. The molecule has 0 saturated carbocycles. The number of carbonyl (C=O) groups is 3. The molecule has 14 heteroatoms. The van der Waals surface area contributed by atoms with Crippen LogP contribution in [0, 0.1) is 10.1 Å². The first-order valence-electron chi connectivity index (χ1n) is 14.1. The number of nitro groups is 1. The van der Waals surface area contributed by atoms with Crippen LogP contribution in [0.15, 0.2) is 112 Å². The van der Waals surface area contributed by atoms with Crippen molar-refractivity contribution in [3.8, 4) is 0 Å². The number of fused-ring (bicyclic) bond motifs is 1. The maximum absolute atomic E-state index is 13.5. The van der Waals surface area contributed by atoms with Crippen LogP contribution in [0.25, 0.3) is 11.1 Å². The number of oxazole rings is 1. The number of nitro benzene ring substituents is 1. The van der Waals surface area contributed by atoms with Gasteiger partial charge in [0.25, 0.3) is 5.69 Å². The molecule has 47 heavy (non-hydrogen) atoms. The van der Waals surface area contributed by atoms with E-state index in [1.165, 1.54) is 36.4 Å². The van der Waals surface area contributed by atoms with Crippen LogP contribution in [-0.2, 0) is 18.9 Å². The molecule has 5 aromatic rings. The van der Waals surface area contributed by atoms with Gasteiger partial charge >= 0.3 is 23.7 Å². The fraction of sp³-hybridized carbons (Fsp3) is 0.152. The van der Waals surface area contributed by atoms with Gasteiger partial charge in [-0.2, -0.15) is 0 Å². The summed E-state index contributed by atoms with van der Waals surface area (Å²) in [6.07, 6.45) is -6.19. The standard InChI is InChI=1S/C33H23ClN2O11/c34-23-16-22(36(41)42)17-24-26(23)47-33(40)35(24)29-28(46-32(39)21-14-8-3-9-15-21)27(45-31(38)20-12-6-2-7-13-20)25(18-43-29)44-30(37)19-10-4-1-5-11-19/h1-17,25,27-29H,18H2/t25-,27-,28-,29-/m1/s1. The number of aromatic nitrogens is 1. The molecule has 1 aliphatic heterocycles. The number of esters is 3. The fourth-order valence-electron chi connectivity index (χ4n) is 5.09. The van der Waals surface area contributed by atoms with Gasteiger partial charge in [0.05, 0.1) is 33.2 Å². The minimum absolute atomic E-state index is 0.103. The second kappa shape index (κ2) is 13.3. The van der Waals surface area contributed by atoms with E-state index in [1.807, 2.05) is 0 Å². The Morgan fingerprint density at radius 1 is 0.766 bits per heavy atom. The van der Waals surface area contributed by atoms with E-state index in [2.05, 4.69) is 0 Å². The van der Waals surface area contributed by atoms with Gasteiger partial charge in [-0.05, 0) is 36.4 Å². The molecule has 0 radical (unpaired) electrons. The summed E-state index contributed by atoms with van der Waals surface area (Å²) >= 11 is 6.23. The minimum Gasteiger partial charge on any atom is -0.452 e. The average Bonchev–Trinajstić information content (AvgIpc) is 3.43. The molecule has 0 unspecified atom stereocenters. The van der Waals surface area contributed by atoms with Gasteiger partial charge in [0, 0.05) is 12.1 Å². The summed E-state index contributed by atoms with van der Waals surface area (Å²) in [6.45, 7) is -0.461. The van der Waals surface area contributed by atoms with Crippen molar-refractivity contribution in [2.75, 3.05) is 6.61 Å². The quantitative estimate of drug-likeness (QED) is 0.0911. The van der Waals surface area contributed by atoms with Crippen LogP contribution in [0.4, 0.5) is 5.69 Å². The Morgan fingerprint density at radius 2 is 1.26 bits per heavy atom. The molecule has 0 N–H and O–H groups in total. The van der Waals surface area contributed by atoms with Crippen molar-refractivity contribution in [2.24, 2.45) is 0 Å². The highest BCUT2D eigenvalue weighted by molar-refractivity contribution is 6.35. The maximum Gasteiger partial charge on any atom is 0.422 e. The smallest absolute Gasteiger partial charge is 0.422 e. The van der Waals surface area contributed by atoms with Crippen molar-refractivity contribution >= 4 is 46.3 Å². The number of hydrogen-bond donors (Lipinski definition) is 0. The van der Waals surface area contributed by atoms with Gasteiger partial charge in [-0.1, -0.05) is 66.2 Å². The average molecular weight is 659 g/mol. The van der Waals surface area contributed by atoms with E-state index in [9.17, 15) is 29.3 Å². The third kappa shape index (κ3) is 6.48. The van der Waals surface area contributed by atoms with E-state index in [-0.39, 0.29) is 32.8 Å². The topological polar surface area (TPSA) is 166 Å². The van der Waals surface area contributed by atoms with Crippen molar-refractivity contribution < 1.29 is 42.7 Å². The molecule has 0 aliphatic carbocycles. The zero-order valence-electron chi connectivity index (χ0n) is 24.1. The highest BCUT2D eigenvalue weighted by atomic mass is 35.5. The summed E-state index contributed by atoms with van der Waals surface area (Å²) in [7, 11) is 0. The molecular weight excluding hydrogens is 636 g/mol. The predicted octanol–water partition coefficient (Wildman–Crippen LogP) is 5.36. The second-order valence-electron chi connectivity index (χ2n) is 10.3. The van der Waals surface area contributed by atoms with Crippen molar-refractivity contribution in [1.29, 1.82) is 0 Å². The Morgan fingerprint density at radius 3 is 1.77 bits per heavy atom. The van der Waals surface area contributed by atoms with Gasteiger partial charge in [-0.25, -0.2) is 23.7 Å². The lowest BCUT2D eigenvalue weighted by molar-refractivity contribution is -0.384. The molecule has 1 aliphatic rings. The van der Waals surface area contributed by atoms with E-state index in [0.29, 0.717) is 0 Å². The van der Waals surface area contributed by atoms with Crippen LogP contribution >= 0.6 is 11.6 Å². The van der Waals surface area contributed by atoms with Crippen molar-refractivity contribution in [2.45, 2.75) is 24.5 Å². The molecule has 1 saturated heterocycles. The molecule has 2 heterocycles. The minimum atomic E-state index is -1.67. The molecule has 4 aromatic carbocycles. The van der Waals surface area contributed by atoms with Gasteiger partial charge < -0.3 is 23.4 Å². The molecule has 1 aromatic heterocycles. The van der Waals surface area contributed by atoms with Crippen molar-refractivity contribution in [3.63, 3.8) is 0 Å². The Labute approximate surface area is 269 Å². The molecule has 13 nitrogen and oxygen atoms in total. The Bertz CT molecular complexity index is 2010. The van der Waals surface area contributed by atoms with Crippen LogP contribution in [0.2, 0.25) is 5.02 Å². The number of benzene rings is 4. The summed E-state index contributed by atoms with van der Waals surface area (Å²) in [4.78, 5) is 64.3. The molecule has 4 atom stereocenters. The first kappa shape index (κ1) is 31.2. The molecule has 0 bridgehead atoms. The van der Waals surface area contributed by atoms with Gasteiger partial charge in [-0.15, -0.1) is 0 Å². The lowest BCUT2D eigenvalue weighted by Crippen LogP contribution is -2.56. The summed E-state index contributed by atoms with van der Waals surface area (Å²) in [6, 6.07) is 25.7. The van der Waals surface area contributed by atoms with Gasteiger partial charge in [0.1, 0.15) is 5.52 Å². The van der Waals surface area contributed by atoms with Crippen LogP contribution in [-0.4, -0.2) is 52.3 Å².